The van der Waals surface area contributed by atoms with E-state index in [-0.39, 0.29) is 18.2 Å². The van der Waals surface area contributed by atoms with Gasteiger partial charge in [-0.2, -0.15) is 0 Å². The molecule has 8 nitrogen and oxygen atoms in total. The number of nitrogens with zero attached hydrogens (tertiary/aromatic N) is 4. The van der Waals surface area contributed by atoms with Crippen LogP contribution >= 0.6 is 0 Å². The maximum absolute atomic E-state index is 12.0. The molecule has 0 saturated carbocycles. The molecule has 2 N–H and O–H groups in total. The molecule has 26 heavy (non-hydrogen) atoms. The highest BCUT2D eigenvalue weighted by Gasteiger charge is 2.20. The summed E-state index contributed by atoms with van der Waals surface area (Å²) in [5.74, 6) is 1.34. The Balaban J connectivity index is 1.83. The molecular formula is C18H28N6O2. The molecule has 1 aromatic rings. The number of piperazine rings is 1. The number of nitrogens with one attached hydrogen (secondary N) is 2. The second kappa shape index (κ2) is 9.74. The van der Waals surface area contributed by atoms with Crippen LogP contribution in [-0.2, 0) is 9.59 Å². The van der Waals surface area contributed by atoms with E-state index in [2.05, 4.69) is 25.5 Å². The number of carbonyl (C=O) groups excluding carboxylic acids is 2. The SMILES string of the molecule is CCNC(=NCCC(=O)Nc1ccc(C)cn1)N1CCN(C(C)=O)CC1. The fourth-order valence-corrected chi connectivity index (χ4v) is 2.67. The molecule has 2 amide bonds. The third-order valence-electron chi connectivity index (χ3n) is 4.14. The van der Waals surface area contributed by atoms with Gasteiger partial charge in [0.2, 0.25) is 11.8 Å². The highest BCUT2D eigenvalue weighted by atomic mass is 16.2. The first-order valence-corrected chi connectivity index (χ1v) is 9.01. The van der Waals surface area contributed by atoms with Gasteiger partial charge in [0, 0.05) is 52.3 Å². The average Bonchev–Trinajstić information content (AvgIpc) is 2.63. The Kier molecular flexibility index (Phi) is 7.37. The monoisotopic (exact) mass is 360 g/mol. The number of guanidine groups is 1. The second-order valence-corrected chi connectivity index (χ2v) is 6.25. The lowest BCUT2D eigenvalue weighted by Crippen LogP contribution is -2.53. The molecule has 1 fully saturated rings. The lowest BCUT2D eigenvalue weighted by Gasteiger charge is -2.36. The van der Waals surface area contributed by atoms with Crippen LogP contribution < -0.4 is 10.6 Å². The number of rotatable bonds is 5. The number of pyridine rings is 1. The standard InChI is InChI=1S/C18H28N6O2/c1-4-19-18(24-11-9-23(10-12-24)15(3)25)20-8-7-17(26)22-16-6-5-14(2)13-21-16/h5-6,13H,4,7-12H2,1-3H3,(H,19,20)(H,21,22,26). The molecule has 0 aromatic carbocycles. The third-order valence-corrected chi connectivity index (χ3v) is 4.14. The predicted molar refractivity (Wildman–Crippen MR) is 102 cm³/mol. The zero-order valence-corrected chi connectivity index (χ0v) is 15.8. The minimum atomic E-state index is -0.109. The predicted octanol–water partition coefficient (Wildman–Crippen LogP) is 0.848. The van der Waals surface area contributed by atoms with Gasteiger partial charge in [0.25, 0.3) is 0 Å². The number of amides is 2. The minimum Gasteiger partial charge on any atom is -0.357 e. The van der Waals surface area contributed by atoms with Gasteiger partial charge < -0.3 is 20.4 Å². The molecule has 0 radical (unpaired) electrons. The van der Waals surface area contributed by atoms with Crippen LogP contribution in [0.25, 0.3) is 0 Å². The Hall–Kier alpha value is -2.64. The van der Waals surface area contributed by atoms with E-state index in [0.717, 1.165) is 31.2 Å². The molecule has 1 aromatic heterocycles. The van der Waals surface area contributed by atoms with Crippen molar-refractivity contribution in [2.45, 2.75) is 27.2 Å². The van der Waals surface area contributed by atoms with E-state index in [4.69, 9.17) is 0 Å². The molecule has 0 unspecified atom stereocenters. The summed E-state index contributed by atoms with van der Waals surface area (Å²) in [5.41, 5.74) is 1.05. The highest BCUT2D eigenvalue weighted by molar-refractivity contribution is 5.90. The summed E-state index contributed by atoms with van der Waals surface area (Å²) in [5, 5.41) is 6.03. The Bertz CT molecular complexity index is 636. The van der Waals surface area contributed by atoms with Crippen LogP contribution in [0.2, 0.25) is 0 Å². The molecule has 0 aliphatic carbocycles. The van der Waals surface area contributed by atoms with Crippen LogP contribution in [0.4, 0.5) is 5.82 Å². The lowest BCUT2D eigenvalue weighted by atomic mass is 10.3. The van der Waals surface area contributed by atoms with E-state index in [0.29, 0.717) is 25.5 Å². The number of aliphatic imine (C=N–C) groups is 1. The largest absolute Gasteiger partial charge is 0.357 e. The van der Waals surface area contributed by atoms with Crippen LogP contribution in [0.15, 0.2) is 23.3 Å². The molecule has 1 saturated heterocycles. The van der Waals surface area contributed by atoms with Crippen molar-refractivity contribution in [2.75, 3.05) is 44.6 Å². The summed E-state index contributed by atoms with van der Waals surface area (Å²) in [4.78, 5) is 36.1. The summed E-state index contributed by atoms with van der Waals surface area (Å²) in [6, 6.07) is 3.69. The van der Waals surface area contributed by atoms with Crippen molar-refractivity contribution in [1.82, 2.24) is 20.1 Å². The number of aromatic nitrogens is 1. The van der Waals surface area contributed by atoms with Crippen LogP contribution in [-0.4, -0.2) is 71.8 Å². The Morgan fingerprint density at radius 2 is 1.88 bits per heavy atom. The van der Waals surface area contributed by atoms with Gasteiger partial charge >= 0.3 is 0 Å². The van der Waals surface area contributed by atoms with Gasteiger partial charge in [0.15, 0.2) is 5.96 Å². The summed E-state index contributed by atoms with van der Waals surface area (Å²) < 4.78 is 0. The maximum atomic E-state index is 12.0. The molecule has 8 heteroatoms. The second-order valence-electron chi connectivity index (χ2n) is 6.25. The van der Waals surface area contributed by atoms with E-state index in [1.54, 1.807) is 19.2 Å². The van der Waals surface area contributed by atoms with Crippen molar-refractivity contribution in [3.63, 3.8) is 0 Å². The number of aryl methyl sites for hydroxylation is 1. The topological polar surface area (TPSA) is 89.9 Å². The first kappa shape index (κ1) is 19.7. The van der Waals surface area contributed by atoms with Crippen LogP contribution in [0, 0.1) is 6.92 Å². The zero-order chi connectivity index (χ0) is 18.9. The smallest absolute Gasteiger partial charge is 0.227 e. The Labute approximate surface area is 154 Å². The number of hydrogen-bond donors (Lipinski definition) is 2. The van der Waals surface area contributed by atoms with Crippen LogP contribution in [0.1, 0.15) is 25.8 Å². The van der Waals surface area contributed by atoms with Gasteiger partial charge in [-0.25, -0.2) is 4.98 Å². The number of hydrogen-bond acceptors (Lipinski definition) is 4. The van der Waals surface area contributed by atoms with Gasteiger partial charge in [-0.05, 0) is 25.5 Å². The molecule has 0 spiro atoms. The van der Waals surface area contributed by atoms with Gasteiger partial charge in [-0.3, -0.25) is 14.6 Å². The van der Waals surface area contributed by atoms with Gasteiger partial charge in [0.05, 0.1) is 6.54 Å². The van der Waals surface area contributed by atoms with E-state index < -0.39 is 0 Å². The summed E-state index contributed by atoms with van der Waals surface area (Å²) in [6.45, 7) is 9.58. The number of anilines is 1. The number of carbonyl (C=O) groups is 2. The molecule has 1 aliphatic heterocycles. The van der Waals surface area contributed by atoms with Crippen molar-refractivity contribution in [2.24, 2.45) is 4.99 Å². The van der Waals surface area contributed by atoms with E-state index in [1.165, 1.54) is 0 Å². The quantitative estimate of drug-likeness (QED) is 0.600. The van der Waals surface area contributed by atoms with Crippen molar-refractivity contribution in [3.8, 4) is 0 Å². The molecule has 1 aliphatic rings. The molecule has 0 bridgehead atoms. The fraction of sp³-hybridized carbons (Fsp3) is 0.556. The van der Waals surface area contributed by atoms with Crippen molar-refractivity contribution in [1.29, 1.82) is 0 Å². The minimum absolute atomic E-state index is 0.105. The van der Waals surface area contributed by atoms with Gasteiger partial charge in [-0.15, -0.1) is 0 Å². The first-order valence-electron chi connectivity index (χ1n) is 9.01. The molecule has 2 rings (SSSR count). The average molecular weight is 360 g/mol. The van der Waals surface area contributed by atoms with E-state index >= 15 is 0 Å². The van der Waals surface area contributed by atoms with Gasteiger partial charge in [0.1, 0.15) is 5.82 Å². The molecule has 2 heterocycles. The fourth-order valence-electron chi connectivity index (χ4n) is 2.67. The normalized spacial score (nSPS) is 15.0. The Morgan fingerprint density at radius 3 is 2.46 bits per heavy atom. The highest BCUT2D eigenvalue weighted by Crippen LogP contribution is 2.05. The van der Waals surface area contributed by atoms with Crippen molar-refractivity contribution >= 4 is 23.6 Å². The molecular weight excluding hydrogens is 332 g/mol. The lowest BCUT2D eigenvalue weighted by molar-refractivity contribution is -0.130. The third kappa shape index (κ3) is 6.02. The van der Waals surface area contributed by atoms with E-state index in [9.17, 15) is 9.59 Å². The van der Waals surface area contributed by atoms with Crippen molar-refractivity contribution < 1.29 is 9.59 Å². The summed E-state index contributed by atoms with van der Waals surface area (Å²) >= 11 is 0. The van der Waals surface area contributed by atoms with Crippen molar-refractivity contribution in [3.05, 3.63) is 23.9 Å². The van der Waals surface area contributed by atoms with Crippen LogP contribution in [0.3, 0.4) is 0 Å². The Morgan fingerprint density at radius 1 is 1.19 bits per heavy atom. The summed E-state index contributed by atoms with van der Waals surface area (Å²) in [6.07, 6.45) is 2.01. The summed E-state index contributed by atoms with van der Waals surface area (Å²) in [7, 11) is 0. The molecule has 0 atom stereocenters. The van der Waals surface area contributed by atoms with Crippen LogP contribution in [0.5, 0.6) is 0 Å². The molecule has 142 valence electrons. The first-order chi connectivity index (χ1) is 12.5. The van der Waals surface area contributed by atoms with Gasteiger partial charge in [-0.1, -0.05) is 6.07 Å². The zero-order valence-electron chi connectivity index (χ0n) is 15.8. The van der Waals surface area contributed by atoms with E-state index in [1.807, 2.05) is 24.8 Å². The maximum Gasteiger partial charge on any atom is 0.227 e.